The Labute approximate surface area is 172 Å². The number of benzene rings is 2. The molecule has 6 heteroatoms. The van der Waals surface area contributed by atoms with Crippen molar-refractivity contribution in [2.75, 3.05) is 20.6 Å². The second kappa shape index (κ2) is 9.98. The molecule has 0 aliphatic heterocycles. The van der Waals surface area contributed by atoms with Crippen LogP contribution < -0.4 is 5.32 Å². The molecule has 3 rings (SSSR count). The van der Waals surface area contributed by atoms with E-state index >= 15 is 0 Å². The van der Waals surface area contributed by atoms with Crippen LogP contribution in [-0.2, 0) is 17.6 Å². The Balaban J connectivity index is 1.51. The van der Waals surface area contributed by atoms with E-state index in [0.29, 0.717) is 31.2 Å². The van der Waals surface area contributed by atoms with Crippen molar-refractivity contribution in [1.29, 1.82) is 0 Å². The summed E-state index contributed by atoms with van der Waals surface area (Å²) in [7, 11) is 4.04. The summed E-state index contributed by atoms with van der Waals surface area (Å²) in [6.07, 6.45) is 1.75. The maximum Gasteiger partial charge on any atom is 0.247 e. The quantitative estimate of drug-likeness (QED) is 0.602. The van der Waals surface area contributed by atoms with Gasteiger partial charge in [0.05, 0.1) is 6.04 Å². The molecule has 152 valence electrons. The van der Waals surface area contributed by atoms with Gasteiger partial charge in [-0.15, -0.1) is 10.2 Å². The Morgan fingerprint density at radius 2 is 1.79 bits per heavy atom. The summed E-state index contributed by atoms with van der Waals surface area (Å²) in [6.45, 7) is 2.70. The van der Waals surface area contributed by atoms with Gasteiger partial charge in [0.1, 0.15) is 0 Å². The molecule has 0 fully saturated rings. The van der Waals surface area contributed by atoms with Crippen LogP contribution in [0.1, 0.15) is 36.4 Å². The molecule has 1 heterocycles. The fourth-order valence-electron chi connectivity index (χ4n) is 3.15. The Kier molecular flexibility index (Phi) is 7.14. The highest BCUT2D eigenvalue weighted by atomic mass is 16.4. The van der Waals surface area contributed by atoms with Gasteiger partial charge in [-0.05, 0) is 43.8 Å². The number of hydrogen-bond acceptors (Lipinski definition) is 5. The van der Waals surface area contributed by atoms with Gasteiger partial charge in [-0.1, -0.05) is 49.4 Å². The van der Waals surface area contributed by atoms with Crippen LogP contribution >= 0.6 is 0 Å². The number of carbonyl (C=O) groups is 1. The summed E-state index contributed by atoms with van der Waals surface area (Å²) in [5.41, 5.74) is 3.38. The largest absolute Gasteiger partial charge is 0.421 e. The minimum atomic E-state index is -0.0264. The number of hydrogen-bond donors (Lipinski definition) is 1. The summed E-state index contributed by atoms with van der Waals surface area (Å²) in [6, 6.07) is 18.3. The summed E-state index contributed by atoms with van der Waals surface area (Å²) < 4.78 is 5.66. The molecule has 1 N–H and O–H groups in total. The molecule has 1 amide bonds. The normalized spacial score (nSPS) is 12.1. The number of carbonyl (C=O) groups excluding carboxylic acids is 1. The van der Waals surface area contributed by atoms with Crippen molar-refractivity contribution in [2.24, 2.45) is 0 Å². The molecule has 0 radical (unpaired) electrons. The van der Waals surface area contributed by atoms with E-state index in [9.17, 15) is 4.79 Å². The van der Waals surface area contributed by atoms with E-state index in [4.69, 9.17) is 4.42 Å². The third kappa shape index (κ3) is 5.74. The standard InChI is InChI=1S/C23H28N4O2/c1-4-17-10-12-18(13-11-17)20(27(2)3)16-24-21(28)14-15-22-25-26-23(29-22)19-8-6-5-7-9-19/h5-13,20H,4,14-16H2,1-3H3,(H,24,28)/t20-/m1/s1. The lowest BCUT2D eigenvalue weighted by molar-refractivity contribution is -0.121. The van der Waals surface area contributed by atoms with Gasteiger partial charge in [0.25, 0.3) is 0 Å². The van der Waals surface area contributed by atoms with Gasteiger partial charge in [-0.2, -0.15) is 0 Å². The zero-order valence-corrected chi connectivity index (χ0v) is 17.3. The van der Waals surface area contributed by atoms with Gasteiger partial charge in [-0.25, -0.2) is 0 Å². The van der Waals surface area contributed by atoms with Crippen LogP contribution in [0.4, 0.5) is 0 Å². The summed E-state index contributed by atoms with van der Waals surface area (Å²) in [4.78, 5) is 14.4. The second-order valence-corrected chi connectivity index (χ2v) is 7.25. The van der Waals surface area contributed by atoms with Gasteiger partial charge < -0.3 is 14.6 Å². The molecule has 29 heavy (non-hydrogen) atoms. The number of aromatic nitrogens is 2. The summed E-state index contributed by atoms with van der Waals surface area (Å²) in [5, 5.41) is 11.1. The van der Waals surface area contributed by atoms with Crippen molar-refractivity contribution in [3.8, 4) is 11.5 Å². The average molecular weight is 393 g/mol. The number of nitrogens with zero attached hydrogens (tertiary/aromatic N) is 3. The minimum absolute atomic E-state index is 0.0264. The van der Waals surface area contributed by atoms with Gasteiger partial charge in [-0.3, -0.25) is 4.79 Å². The van der Waals surface area contributed by atoms with Crippen LogP contribution in [0.5, 0.6) is 0 Å². The molecule has 2 aromatic carbocycles. The van der Waals surface area contributed by atoms with Crippen LogP contribution in [0.25, 0.3) is 11.5 Å². The van der Waals surface area contributed by atoms with Crippen molar-refractivity contribution in [2.45, 2.75) is 32.2 Å². The van der Waals surface area contributed by atoms with Crippen molar-refractivity contribution in [1.82, 2.24) is 20.4 Å². The lowest BCUT2D eigenvalue weighted by Gasteiger charge is -2.25. The molecular formula is C23H28N4O2. The molecule has 1 atom stereocenters. The summed E-state index contributed by atoms with van der Waals surface area (Å²) in [5.74, 6) is 0.920. The smallest absolute Gasteiger partial charge is 0.247 e. The van der Waals surface area contributed by atoms with E-state index < -0.39 is 0 Å². The lowest BCUT2D eigenvalue weighted by atomic mass is 10.0. The molecule has 0 saturated heterocycles. The molecule has 0 aliphatic carbocycles. The van der Waals surface area contributed by atoms with Crippen molar-refractivity contribution in [3.63, 3.8) is 0 Å². The van der Waals surface area contributed by atoms with E-state index in [0.717, 1.165) is 12.0 Å². The highest BCUT2D eigenvalue weighted by Crippen LogP contribution is 2.19. The third-order valence-corrected chi connectivity index (χ3v) is 4.94. The van der Waals surface area contributed by atoms with Crippen LogP contribution in [0.2, 0.25) is 0 Å². The first-order chi connectivity index (χ1) is 14.1. The molecule has 0 aliphatic rings. The Hall–Kier alpha value is -2.99. The first-order valence-corrected chi connectivity index (χ1v) is 9.96. The van der Waals surface area contributed by atoms with Crippen LogP contribution in [-0.4, -0.2) is 41.6 Å². The molecule has 0 unspecified atom stereocenters. The van der Waals surface area contributed by atoms with Crippen molar-refractivity contribution < 1.29 is 9.21 Å². The third-order valence-electron chi connectivity index (χ3n) is 4.94. The molecule has 0 bridgehead atoms. The van der Waals surface area contributed by atoms with E-state index in [1.807, 2.05) is 44.4 Å². The van der Waals surface area contributed by atoms with Crippen LogP contribution in [0.15, 0.2) is 59.0 Å². The first-order valence-electron chi connectivity index (χ1n) is 9.96. The number of nitrogens with one attached hydrogen (secondary N) is 1. The highest BCUT2D eigenvalue weighted by Gasteiger charge is 2.16. The predicted molar refractivity (Wildman–Crippen MR) is 113 cm³/mol. The number of amides is 1. The Morgan fingerprint density at radius 3 is 2.45 bits per heavy atom. The number of likely N-dealkylation sites (N-methyl/N-ethyl adjacent to an activating group) is 1. The maximum absolute atomic E-state index is 12.3. The zero-order chi connectivity index (χ0) is 20.6. The van der Waals surface area contributed by atoms with Crippen LogP contribution in [0, 0.1) is 0 Å². The van der Waals surface area contributed by atoms with Crippen molar-refractivity contribution >= 4 is 5.91 Å². The van der Waals surface area contributed by atoms with Crippen LogP contribution in [0.3, 0.4) is 0 Å². The maximum atomic E-state index is 12.3. The Bertz CT molecular complexity index is 904. The molecule has 1 aromatic heterocycles. The topological polar surface area (TPSA) is 71.3 Å². The Morgan fingerprint density at radius 1 is 1.07 bits per heavy atom. The van der Waals surface area contributed by atoms with E-state index in [1.54, 1.807) is 0 Å². The molecule has 3 aromatic rings. The summed E-state index contributed by atoms with van der Waals surface area (Å²) >= 11 is 0. The fraction of sp³-hybridized carbons (Fsp3) is 0.348. The fourth-order valence-corrected chi connectivity index (χ4v) is 3.15. The predicted octanol–water partition coefficient (Wildman–Crippen LogP) is 3.65. The van der Waals surface area contributed by atoms with Gasteiger partial charge in [0, 0.05) is 24.9 Å². The minimum Gasteiger partial charge on any atom is -0.421 e. The number of rotatable bonds is 9. The zero-order valence-electron chi connectivity index (χ0n) is 17.3. The SMILES string of the molecule is CCc1ccc([C@@H](CNC(=O)CCc2nnc(-c3ccccc3)o2)N(C)C)cc1. The monoisotopic (exact) mass is 392 g/mol. The van der Waals surface area contributed by atoms with Gasteiger partial charge in [0.15, 0.2) is 0 Å². The van der Waals surface area contributed by atoms with Gasteiger partial charge in [0.2, 0.25) is 17.7 Å². The molecule has 0 saturated carbocycles. The average Bonchev–Trinajstić information content (AvgIpc) is 3.22. The molecular weight excluding hydrogens is 364 g/mol. The van der Waals surface area contributed by atoms with E-state index in [1.165, 1.54) is 11.1 Å². The first kappa shape index (κ1) is 20.7. The van der Waals surface area contributed by atoms with Gasteiger partial charge >= 0.3 is 0 Å². The number of aryl methyl sites for hydroxylation is 2. The van der Waals surface area contributed by atoms with Crippen molar-refractivity contribution in [3.05, 3.63) is 71.6 Å². The van der Waals surface area contributed by atoms with E-state index in [2.05, 4.69) is 51.6 Å². The van der Waals surface area contributed by atoms with E-state index in [-0.39, 0.29) is 11.9 Å². The lowest BCUT2D eigenvalue weighted by Crippen LogP contribution is -2.34. The molecule has 0 spiro atoms. The second-order valence-electron chi connectivity index (χ2n) is 7.25. The highest BCUT2D eigenvalue weighted by molar-refractivity contribution is 5.76. The molecule has 6 nitrogen and oxygen atoms in total.